The summed E-state index contributed by atoms with van der Waals surface area (Å²) in [5.41, 5.74) is 8.29. The van der Waals surface area contributed by atoms with Crippen LogP contribution in [0.3, 0.4) is 0 Å². The summed E-state index contributed by atoms with van der Waals surface area (Å²) in [7, 11) is 0. The van der Waals surface area contributed by atoms with Crippen molar-refractivity contribution in [2.24, 2.45) is 0 Å². The Morgan fingerprint density at radius 1 is 0.846 bits per heavy atom. The summed E-state index contributed by atoms with van der Waals surface area (Å²) in [6.45, 7) is 4.00. The fraction of sp³-hybridized carbons (Fsp3) is 0.0909. The number of nitrogen functional groups attached to an aromatic ring is 1. The van der Waals surface area contributed by atoms with Crippen molar-refractivity contribution in [3.05, 3.63) is 77.2 Å². The van der Waals surface area contributed by atoms with Crippen LogP contribution in [-0.2, 0) is 0 Å². The summed E-state index contributed by atoms with van der Waals surface area (Å²) in [4.78, 5) is 11.2. The lowest BCUT2D eigenvalue weighted by molar-refractivity contribution is 1.24. The van der Waals surface area contributed by atoms with E-state index in [1.165, 1.54) is 5.56 Å². The third-order valence-corrected chi connectivity index (χ3v) is 4.71. The summed E-state index contributed by atoms with van der Waals surface area (Å²) >= 11 is 1.62. The van der Waals surface area contributed by atoms with Crippen LogP contribution in [-0.4, -0.2) is 9.97 Å². The van der Waals surface area contributed by atoms with Gasteiger partial charge in [-0.25, -0.2) is 9.97 Å². The van der Waals surface area contributed by atoms with E-state index in [1.807, 2.05) is 68.4 Å². The minimum absolute atomic E-state index is 0.523. The zero-order valence-corrected chi connectivity index (χ0v) is 15.7. The molecule has 0 amide bonds. The van der Waals surface area contributed by atoms with Gasteiger partial charge in [-0.3, -0.25) is 0 Å². The van der Waals surface area contributed by atoms with Gasteiger partial charge in [-0.2, -0.15) is 0 Å². The predicted octanol–water partition coefficient (Wildman–Crippen LogP) is 6.14. The van der Waals surface area contributed by atoms with Crippen LogP contribution >= 0.6 is 11.3 Å². The highest BCUT2D eigenvalue weighted by atomic mass is 32.1. The summed E-state index contributed by atoms with van der Waals surface area (Å²) in [6, 6.07) is 22.2. The Kier molecular flexibility index (Phi) is 5.77. The molecule has 0 aliphatic carbocycles. The normalized spacial score (nSPS) is 10.7. The maximum absolute atomic E-state index is 6.15. The van der Waals surface area contributed by atoms with Crippen molar-refractivity contribution in [3.63, 3.8) is 0 Å². The molecule has 26 heavy (non-hydrogen) atoms. The van der Waals surface area contributed by atoms with Crippen LogP contribution in [0.15, 0.2) is 66.7 Å². The number of anilines is 1. The first kappa shape index (κ1) is 17.8. The van der Waals surface area contributed by atoms with E-state index in [0.29, 0.717) is 11.6 Å². The molecule has 2 heterocycles. The molecule has 0 unspecified atom stereocenters. The number of nitrogens with zero attached hydrogens (tertiary/aromatic N) is 2. The van der Waals surface area contributed by atoms with Crippen LogP contribution < -0.4 is 5.73 Å². The molecule has 4 heteroatoms. The second-order valence-electron chi connectivity index (χ2n) is 5.41. The molecule has 0 aliphatic heterocycles. The highest BCUT2D eigenvalue weighted by Crippen LogP contribution is 2.31. The smallest absolute Gasteiger partial charge is 0.163 e. The Morgan fingerprint density at radius 2 is 1.50 bits per heavy atom. The minimum atomic E-state index is 0.523. The van der Waals surface area contributed by atoms with Crippen LogP contribution in [0, 0.1) is 0 Å². The quantitative estimate of drug-likeness (QED) is 0.478. The van der Waals surface area contributed by atoms with Crippen molar-refractivity contribution in [2.75, 3.05) is 5.73 Å². The van der Waals surface area contributed by atoms with Crippen LogP contribution in [0.25, 0.3) is 33.8 Å². The minimum Gasteiger partial charge on any atom is -0.383 e. The highest BCUT2D eigenvalue weighted by Gasteiger charge is 2.10. The molecule has 0 spiro atoms. The Balaban J connectivity index is 0.000000948. The number of fused-ring (bicyclic) bond motifs is 1. The molecular weight excluding hydrogens is 338 g/mol. The van der Waals surface area contributed by atoms with E-state index < -0.39 is 0 Å². The first-order valence-electron chi connectivity index (χ1n) is 8.65. The summed E-state index contributed by atoms with van der Waals surface area (Å²) < 4.78 is 0. The lowest BCUT2D eigenvalue weighted by Gasteiger charge is -2.01. The van der Waals surface area contributed by atoms with Crippen LogP contribution in [0.2, 0.25) is 0 Å². The average molecular weight is 359 g/mol. The second kappa shape index (κ2) is 8.41. The van der Waals surface area contributed by atoms with Crippen molar-refractivity contribution in [1.82, 2.24) is 9.97 Å². The van der Waals surface area contributed by atoms with Gasteiger partial charge in [0.25, 0.3) is 0 Å². The average Bonchev–Trinajstić information content (AvgIpc) is 3.13. The Labute approximate surface area is 157 Å². The molecular formula is C22H21N3S. The maximum atomic E-state index is 6.15. The molecule has 2 aromatic heterocycles. The predicted molar refractivity (Wildman–Crippen MR) is 114 cm³/mol. The molecule has 0 atom stereocenters. The summed E-state index contributed by atoms with van der Waals surface area (Å²) in [6.07, 6.45) is 4.18. The van der Waals surface area contributed by atoms with Gasteiger partial charge in [-0.05, 0) is 17.7 Å². The summed E-state index contributed by atoms with van der Waals surface area (Å²) in [5, 5.41) is 0.910. The van der Waals surface area contributed by atoms with Gasteiger partial charge < -0.3 is 5.73 Å². The van der Waals surface area contributed by atoms with Crippen LogP contribution in [0.5, 0.6) is 0 Å². The van der Waals surface area contributed by atoms with E-state index in [4.69, 9.17) is 5.73 Å². The first-order valence-corrected chi connectivity index (χ1v) is 9.47. The fourth-order valence-corrected chi connectivity index (χ4v) is 3.44. The zero-order valence-electron chi connectivity index (χ0n) is 14.9. The molecule has 0 bridgehead atoms. The Morgan fingerprint density at radius 3 is 2.19 bits per heavy atom. The van der Waals surface area contributed by atoms with Gasteiger partial charge in [-0.15, -0.1) is 11.3 Å². The molecule has 2 N–H and O–H groups in total. The molecule has 4 aromatic rings. The van der Waals surface area contributed by atoms with Gasteiger partial charge in [0, 0.05) is 10.4 Å². The van der Waals surface area contributed by atoms with Crippen molar-refractivity contribution in [2.45, 2.75) is 13.8 Å². The van der Waals surface area contributed by atoms with Crippen molar-refractivity contribution >= 4 is 39.5 Å². The zero-order chi connectivity index (χ0) is 18.4. The van der Waals surface area contributed by atoms with E-state index in [-0.39, 0.29) is 0 Å². The third kappa shape index (κ3) is 3.98. The lowest BCUT2D eigenvalue weighted by atomic mass is 10.2. The second-order valence-corrected chi connectivity index (χ2v) is 6.47. The van der Waals surface area contributed by atoms with E-state index in [9.17, 15) is 0 Å². The fourth-order valence-electron chi connectivity index (χ4n) is 2.50. The van der Waals surface area contributed by atoms with Gasteiger partial charge in [-0.1, -0.05) is 80.6 Å². The molecule has 4 rings (SSSR count). The standard InChI is InChI=1S/C20H15N3S.C2H6/c21-18-17-13-16(12-11-14-7-3-1-4-8-14)24-20(17)23-19(22-18)15-9-5-2-6-10-15;1-2/h1-13H,(H2,21,22,23);1-2H3/b12-11+;. The maximum Gasteiger partial charge on any atom is 0.163 e. The lowest BCUT2D eigenvalue weighted by Crippen LogP contribution is -1.95. The molecule has 130 valence electrons. The van der Waals surface area contributed by atoms with Gasteiger partial charge in [0.2, 0.25) is 0 Å². The monoisotopic (exact) mass is 359 g/mol. The molecule has 0 saturated carbocycles. The highest BCUT2D eigenvalue weighted by molar-refractivity contribution is 7.19. The number of aromatic nitrogens is 2. The van der Waals surface area contributed by atoms with E-state index in [0.717, 1.165) is 20.7 Å². The number of thiophene rings is 1. The van der Waals surface area contributed by atoms with Gasteiger partial charge in [0.1, 0.15) is 10.6 Å². The SMILES string of the molecule is CC.Nc1nc(-c2ccccc2)nc2sc(/C=C/c3ccccc3)cc12. The van der Waals surface area contributed by atoms with Gasteiger partial charge >= 0.3 is 0 Å². The topological polar surface area (TPSA) is 51.8 Å². The van der Waals surface area contributed by atoms with Crippen molar-refractivity contribution < 1.29 is 0 Å². The van der Waals surface area contributed by atoms with E-state index in [2.05, 4.69) is 34.3 Å². The number of hydrogen-bond donors (Lipinski definition) is 1. The molecule has 0 saturated heterocycles. The van der Waals surface area contributed by atoms with Gasteiger partial charge in [0.05, 0.1) is 5.39 Å². The molecule has 0 radical (unpaired) electrons. The van der Waals surface area contributed by atoms with Crippen LogP contribution in [0.4, 0.5) is 5.82 Å². The largest absolute Gasteiger partial charge is 0.383 e. The van der Waals surface area contributed by atoms with E-state index >= 15 is 0 Å². The molecule has 0 aliphatic rings. The van der Waals surface area contributed by atoms with Gasteiger partial charge in [0.15, 0.2) is 5.82 Å². The molecule has 2 aromatic carbocycles. The van der Waals surface area contributed by atoms with Crippen molar-refractivity contribution in [3.8, 4) is 11.4 Å². The number of benzene rings is 2. The number of rotatable bonds is 3. The third-order valence-electron chi connectivity index (χ3n) is 3.71. The Bertz CT molecular complexity index is 1010. The summed E-state index contributed by atoms with van der Waals surface area (Å²) in [5.74, 6) is 1.19. The van der Waals surface area contributed by atoms with E-state index in [1.54, 1.807) is 11.3 Å². The van der Waals surface area contributed by atoms with Crippen molar-refractivity contribution in [1.29, 1.82) is 0 Å². The number of hydrogen-bond acceptors (Lipinski definition) is 4. The first-order chi connectivity index (χ1) is 12.8. The van der Waals surface area contributed by atoms with Crippen LogP contribution in [0.1, 0.15) is 24.3 Å². The molecule has 0 fully saturated rings. The number of nitrogens with two attached hydrogens (primary N) is 1. The molecule has 3 nitrogen and oxygen atoms in total. The Hall–Kier alpha value is -2.98.